The Morgan fingerprint density at radius 2 is 1.81 bits per heavy atom. The van der Waals surface area contributed by atoms with E-state index in [1.807, 2.05) is 36.5 Å². The highest BCUT2D eigenvalue weighted by molar-refractivity contribution is 6.30. The Labute approximate surface area is 188 Å². The fourth-order valence-electron chi connectivity index (χ4n) is 3.64. The van der Waals surface area contributed by atoms with Gasteiger partial charge in [-0.25, -0.2) is 4.98 Å². The van der Waals surface area contributed by atoms with Gasteiger partial charge in [0.1, 0.15) is 6.61 Å². The van der Waals surface area contributed by atoms with Crippen molar-refractivity contribution in [2.24, 2.45) is 4.99 Å². The van der Waals surface area contributed by atoms with E-state index in [1.165, 1.54) is 0 Å². The van der Waals surface area contributed by atoms with E-state index in [0.29, 0.717) is 24.1 Å². The molecule has 2 aliphatic heterocycles. The highest BCUT2D eigenvalue weighted by Crippen LogP contribution is 2.23. The maximum atomic E-state index is 6.06. The topological polar surface area (TPSA) is 59.4 Å². The molecule has 3 heterocycles. The van der Waals surface area contributed by atoms with E-state index >= 15 is 0 Å². The van der Waals surface area contributed by atoms with Gasteiger partial charge in [-0.05, 0) is 23.8 Å². The van der Waals surface area contributed by atoms with E-state index < -0.39 is 0 Å². The van der Waals surface area contributed by atoms with Crippen LogP contribution in [0.3, 0.4) is 0 Å². The number of aliphatic imine (C=N–C) groups is 1. The molecular weight excluding hydrogens is 416 g/mol. The van der Waals surface area contributed by atoms with E-state index in [-0.39, 0.29) is 0 Å². The Morgan fingerprint density at radius 1 is 1.03 bits per heavy atom. The number of halogens is 1. The van der Waals surface area contributed by atoms with Crippen molar-refractivity contribution in [3.8, 4) is 5.88 Å². The van der Waals surface area contributed by atoms with E-state index in [9.17, 15) is 0 Å². The summed E-state index contributed by atoms with van der Waals surface area (Å²) in [6.07, 6.45) is 1.83. The SMILES string of the molecule is Clc1cccc(C=NCc2cc(N3CCOCC3)cc(OCCN3CCOCC3)n2)c1. The van der Waals surface area contributed by atoms with Crippen LogP contribution in [0.2, 0.25) is 5.02 Å². The smallest absolute Gasteiger partial charge is 0.215 e. The summed E-state index contributed by atoms with van der Waals surface area (Å²) in [4.78, 5) is 13.9. The van der Waals surface area contributed by atoms with Gasteiger partial charge in [-0.3, -0.25) is 9.89 Å². The first kappa shape index (κ1) is 22.0. The van der Waals surface area contributed by atoms with Crippen LogP contribution in [0, 0.1) is 0 Å². The summed E-state index contributed by atoms with van der Waals surface area (Å²) in [5.41, 5.74) is 2.95. The highest BCUT2D eigenvalue weighted by atomic mass is 35.5. The summed E-state index contributed by atoms with van der Waals surface area (Å²) in [7, 11) is 0. The fourth-order valence-corrected chi connectivity index (χ4v) is 3.84. The molecule has 0 saturated carbocycles. The van der Waals surface area contributed by atoms with Crippen molar-refractivity contribution >= 4 is 23.5 Å². The van der Waals surface area contributed by atoms with Crippen LogP contribution in [0.5, 0.6) is 5.88 Å². The predicted molar refractivity (Wildman–Crippen MR) is 123 cm³/mol. The first-order chi connectivity index (χ1) is 15.3. The van der Waals surface area contributed by atoms with Crippen LogP contribution in [0.25, 0.3) is 0 Å². The molecule has 31 heavy (non-hydrogen) atoms. The molecule has 2 saturated heterocycles. The van der Waals surface area contributed by atoms with Crippen molar-refractivity contribution in [2.75, 3.05) is 70.7 Å². The number of rotatable bonds is 8. The van der Waals surface area contributed by atoms with Crippen molar-refractivity contribution in [3.05, 3.63) is 52.7 Å². The molecule has 166 valence electrons. The minimum atomic E-state index is 0.477. The lowest BCUT2D eigenvalue weighted by Crippen LogP contribution is -2.38. The normalized spacial score (nSPS) is 17.9. The molecule has 4 rings (SSSR count). The van der Waals surface area contributed by atoms with Crippen molar-refractivity contribution in [1.29, 1.82) is 0 Å². The van der Waals surface area contributed by atoms with E-state index in [0.717, 1.165) is 76.1 Å². The molecule has 0 spiro atoms. The third-order valence-corrected chi connectivity index (χ3v) is 5.55. The number of nitrogens with zero attached hydrogens (tertiary/aromatic N) is 4. The van der Waals surface area contributed by atoms with Crippen molar-refractivity contribution in [2.45, 2.75) is 6.54 Å². The first-order valence-corrected chi connectivity index (χ1v) is 11.2. The molecule has 0 atom stereocenters. The van der Waals surface area contributed by atoms with Crippen molar-refractivity contribution in [1.82, 2.24) is 9.88 Å². The molecule has 0 unspecified atom stereocenters. The molecule has 0 N–H and O–H groups in total. The quantitative estimate of drug-likeness (QED) is 0.583. The van der Waals surface area contributed by atoms with Gasteiger partial charge in [0.2, 0.25) is 5.88 Å². The fraction of sp³-hybridized carbons (Fsp3) is 0.478. The molecule has 2 aromatic rings. The molecule has 0 amide bonds. The Hall–Kier alpha value is -2.19. The van der Waals surface area contributed by atoms with Crippen molar-refractivity contribution in [3.63, 3.8) is 0 Å². The summed E-state index contributed by atoms with van der Waals surface area (Å²) < 4.78 is 16.9. The summed E-state index contributed by atoms with van der Waals surface area (Å²) in [6.45, 7) is 8.63. The maximum Gasteiger partial charge on any atom is 0.215 e. The van der Waals surface area contributed by atoms with Crippen LogP contribution >= 0.6 is 11.6 Å². The average Bonchev–Trinajstić information content (AvgIpc) is 2.80. The van der Waals surface area contributed by atoms with Crippen LogP contribution in [0.1, 0.15) is 11.3 Å². The predicted octanol–water partition coefficient (Wildman–Crippen LogP) is 2.90. The third kappa shape index (κ3) is 6.90. The second-order valence-corrected chi connectivity index (χ2v) is 8.02. The van der Waals surface area contributed by atoms with Gasteiger partial charge in [-0.15, -0.1) is 0 Å². The maximum absolute atomic E-state index is 6.06. The molecule has 2 fully saturated rings. The molecule has 0 bridgehead atoms. The van der Waals surface area contributed by atoms with E-state index in [2.05, 4.69) is 20.9 Å². The van der Waals surface area contributed by atoms with Crippen LogP contribution in [-0.4, -0.2) is 81.9 Å². The zero-order chi connectivity index (χ0) is 21.3. The molecule has 0 aliphatic carbocycles. The van der Waals surface area contributed by atoms with Gasteiger partial charge >= 0.3 is 0 Å². The average molecular weight is 445 g/mol. The number of hydrogen-bond donors (Lipinski definition) is 0. The molecule has 2 aliphatic rings. The Kier molecular flexibility index (Phi) is 8.12. The zero-order valence-corrected chi connectivity index (χ0v) is 18.5. The lowest BCUT2D eigenvalue weighted by atomic mass is 10.2. The summed E-state index contributed by atoms with van der Waals surface area (Å²) in [5.74, 6) is 0.644. The number of morpholine rings is 2. The number of aromatic nitrogens is 1. The minimum Gasteiger partial charge on any atom is -0.476 e. The number of pyridine rings is 1. The van der Waals surface area contributed by atoms with Gasteiger partial charge in [0, 0.05) is 55.7 Å². The molecule has 1 aromatic heterocycles. The number of benzene rings is 1. The second kappa shape index (κ2) is 11.4. The molecule has 0 radical (unpaired) electrons. The largest absolute Gasteiger partial charge is 0.476 e. The van der Waals surface area contributed by atoms with Crippen LogP contribution in [-0.2, 0) is 16.0 Å². The van der Waals surface area contributed by atoms with E-state index in [4.69, 9.17) is 30.8 Å². The monoisotopic (exact) mass is 444 g/mol. The van der Waals surface area contributed by atoms with E-state index in [1.54, 1.807) is 0 Å². The van der Waals surface area contributed by atoms with Crippen molar-refractivity contribution < 1.29 is 14.2 Å². The lowest BCUT2D eigenvalue weighted by Gasteiger charge is -2.29. The molecule has 7 nitrogen and oxygen atoms in total. The van der Waals surface area contributed by atoms with Crippen LogP contribution in [0.4, 0.5) is 5.69 Å². The summed E-state index contributed by atoms with van der Waals surface area (Å²) >= 11 is 6.06. The van der Waals surface area contributed by atoms with Crippen LogP contribution in [0.15, 0.2) is 41.4 Å². The standard InChI is InChI=1S/C23H29ClN4O3/c24-20-3-1-2-19(14-20)17-25-18-21-15-22(28-7-11-30-12-8-28)16-23(26-21)31-13-6-27-4-9-29-10-5-27/h1-3,14-17H,4-13,18H2. The molecule has 8 heteroatoms. The van der Waals surface area contributed by atoms with Gasteiger partial charge in [0.15, 0.2) is 0 Å². The summed E-state index contributed by atoms with van der Waals surface area (Å²) in [6, 6.07) is 11.8. The van der Waals surface area contributed by atoms with Gasteiger partial charge in [0.25, 0.3) is 0 Å². The number of ether oxygens (including phenoxy) is 3. The Bertz CT molecular complexity index is 868. The Morgan fingerprint density at radius 3 is 2.58 bits per heavy atom. The number of hydrogen-bond acceptors (Lipinski definition) is 7. The third-order valence-electron chi connectivity index (χ3n) is 5.32. The summed E-state index contributed by atoms with van der Waals surface area (Å²) in [5, 5.41) is 0.701. The zero-order valence-electron chi connectivity index (χ0n) is 17.7. The van der Waals surface area contributed by atoms with Gasteiger partial charge < -0.3 is 19.1 Å². The van der Waals surface area contributed by atoms with Gasteiger partial charge in [0.05, 0.1) is 38.7 Å². The molecule has 1 aromatic carbocycles. The lowest BCUT2D eigenvalue weighted by molar-refractivity contribution is 0.0320. The Balaban J connectivity index is 1.43. The first-order valence-electron chi connectivity index (χ1n) is 10.8. The van der Waals surface area contributed by atoms with Gasteiger partial charge in [-0.2, -0.15) is 0 Å². The molecular formula is C23H29ClN4O3. The highest BCUT2D eigenvalue weighted by Gasteiger charge is 2.15. The number of anilines is 1. The second-order valence-electron chi connectivity index (χ2n) is 7.58. The van der Waals surface area contributed by atoms with Crippen LogP contribution < -0.4 is 9.64 Å². The van der Waals surface area contributed by atoms with Gasteiger partial charge in [-0.1, -0.05) is 23.7 Å². The minimum absolute atomic E-state index is 0.477.